The van der Waals surface area contributed by atoms with Crippen LogP contribution in [0.1, 0.15) is 18.9 Å². The Bertz CT molecular complexity index is 1170. The summed E-state index contributed by atoms with van der Waals surface area (Å²) < 4.78 is 47.6. The number of carboxylic acids is 1. The summed E-state index contributed by atoms with van der Waals surface area (Å²) in [7, 11) is -3.65. The van der Waals surface area contributed by atoms with Gasteiger partial charge in [-0.1, -0.05) is 6.07 Å². The van der Waals surface area contributed by atoms with E-state index in [2.05, 4.69) is 4.57 Å². The van der Waals surface area contributed by atoms with Gasteiger partial charge >= 0.3 is 5.97 Å². The number of piperidine rings is 1. The highest BCUT2D eigenvalue weighted by molar-refractivity contribution is 7.89. The second-order valence-electron chi connectivity index (χ2n) is 7.18. The van der Waals surface area contributed by atoms with Crippen molar-refractivity contribution in [2.24, 2.45) is 0 Å². The van der Waals surface area contributed by atoms with Crippen LogP contribution in [0.3, 0.4) is 0 Å². The molecule has 0 aliphatic carbocycles. The number of carbonyl (C=O) groups is 1. The molecule has 0 bridgehead atoms. The van der Waals surface area contributed by atoms with Gasteiger partial charge in [0.05, 0.1) is 10.4 Å². The molecule has 9 heteroatoms. The van der Waals surface area contributed by atoms with E-state index in [1.165, 1.54) is 16.4 Å². The molecule has 0 saturated carbocycles. The summed E-state index contributed by atoms with van der Waals surface area (Å²) >= 11 is 0. The first-order valence-electron chi connectivity index (χ1n) is 9.56. The molecule has 0 spiro atoms. The predicted molar refractivity (Wildman–Crippen MR) is 108 cm³/mol. The van der Waals surface area contributed by atoms with Crippen LogP contribution in [0, 0.1) is 5.82 Å². The molecular formula is C21H21FN2O5S. The summed E-state index contributed by atoms with van der Waals surface area (Å²) in [5.41, 5.74) is 0.915. The van der Waals surface area contributed by atoms with E-state index in [9.17, 15) is 17.6 Å². The third kappa shape index (κ3) is 3.90. The van der Waals surface area contributed by atoms with E-state index in [0.717, 1.165) is 23.0 Å². The summed E-state index contributed by atoms with van der Waals surface area (Å²) in [5.74, 6) is -1.01. The van der Waals surface area contributed by atoms with Crippen LogP contribution in [-0.2, 0) is 14.8 Å². The minimum absolute atomic E-state index is 0.0917. The Balaban J connectivity index is 1.50. The molecule has 4 rings (SSSR count). The lowest BCUT2D eigenvalue weighted by atomic mass is 10.1. The monoisotopic (exact) mass is 432 g/mol. The zero-order chi connectivity index (χ0) is 21.3. The van der Waals surface area contributed by atoms with E-state index in [1.54, 1.807) is 6.07 Å². The van der Waals surface area contributed by atoms with Crippen LogP contribution < -0.4 is 4.74 Å². The average molecular weight is 432 g/mol. The van der Waals surface area contributed by atoms with Crippen molar-refractivity contribution in [2.75, 3.05) is 19.7 Å². The number of carboxylic acid groups (broad SMARTS) is 1. The summed E-state index contributed by atoms with van der Waals surface area (Å²) in [5, 5.41) is 9.66. The number of nitrogens with zero attached hydrogens (tertiary/aromatic N) is 2. The van der Waals surface area contributed by atoms with Gasteiger partial charge in [-0.05, 0) is 55.3 Å². The minimum Gasteiger partial charge on any atom is -0.481 e. The van der Waals surface area contributed by atoms with Crippen LogP contribution >= 0.6 is 0 Å². The number of rotatable bonds is 6. The molecule has 0 amide bonds. The molecule has 158 valence electrons. The number of hydrogen-bond donors (Lipinski definition) is 1. The third-order valence-corrected chi connectivity index (χ3v) is 7.26. The number of halogens is 1. The number of sulfonamides is 1. The molecule has 0 unspecified atom stereocenters. The van der Waals surface area contributed by atoms with Crippen LogP contribution in [0.2, 0.25) is 0 Å². The first kappa shape index (κ1) is 20.4. The molecule has 0 radical (unpaired) electrons. The van der Waals surface area contributed by atoms with Gasteiger partial charge in [-0.2, -0.15) is 4.31 Å². The van der Waals surface area contributed by atoms with Crippen LogP contribution in [-0.4, -0.2) is 48.1 Å². The largest absolute Gasteiger partial charge is 0.481 e. The highest BCUT2D eigenvalue weighted by atomic mass is 32.2. The molecule has 1 fully saturated rings. The Labute approximate surface area is 173 Å². The van der Waals surface area contributed by atoms with Gasteiger partial charge in [0, 0.05) is 30.7 Å². The molecule has 3 aromatic rings. The molecule has 1 saturated heterocycles. The van der Waals surface area contributed by atoms with Crippen molar-refractivity contribution in [3.63, 3.8) is 0 Å². The number of aliphatic carboxylic acids is 1. The van der Waals surface area contributed by atoms with Gasteiger partial charge in [-0.3, -0.25) is 0 Å². The van der Waals surface area contributed by atoms with Crippen molar-refractivity contribution < 1.29 is 27.4 Å². The summed E-state index contributed by atoms with van der Waals surface area (Å²) in [6.07, 6.45) is 3.18. The quantitative estimate of drug-likeness (QED) is 0.646. The molecule has 7 nitrogen and oxygen atoms in total. The van der Waals surface area contributed by atoms with E-state index < -0.39 is 28.4 Å². The molecule has 30 heavy (non-hydrogen) atoms. The van der Waals surface area contributed by atoms with Gasteiger partial charge in [0.2, 0.25) is 10.0 Å². The van der Waals surface area contributed by atoms with Crippen molar-refractivity contribution in [3.8, 4) is 5.75 Å². The maximum absolute atomic E-state index is 13.1. The molecule has 2 heterocycles. The molecule has 1 N–H and O–H groups in total. The maximum atomic E-state index is 13.1. The number of ether oxygens (including phenoxy) is 1. The summed E-state index contributed by atoms with van der Waals surface area (Å²) in [4.78, 5) is 10.9. The SMILES string of the molecule is O=C(O)COc1cccc2c1ccn2C1CCN(S(=O)(=O)c2ccc(F)cc2)CC1. The number of fused-ring (bicyclic) bond motifs is 1. The van der Waals surface area contributed by atoms with E-state index in [4.69, 9.17) is 9.84 Å². The highest BCUT2D eigenvalue weighted by Crippen LogP contribution is 2.33. The smallest absolute Gasteiger partial charge is 0.341 e. The standard InChI is InChI=1S/C21H21FN2O5S/c22-15-4-6-17(7-5-15)30(27,28)23-11-8-16(9-12-23)24-13-10-18-19(24)2-1-3-20(18)29-14-21(25)26/h1-7,10,13,16H,8-9,11-12,14H2,(H,25,26). The van der Waals surface area contributed by atoms with Crippen molar-refractivity contribution >= 4 is 26.9 Å². The van der Waals surface area contributed by atoms with Crippen molar-refractivity contribution in [3.05, 3.63) is 60.5 Å². The van der Waals surface area contributed by atoms with E-state index in [0.29, 0.717) is 31.7 Å². The van der Waals surface area contributed by atoms with Gasteiger partial charge in [0.1, 0.15) is 11.6 Å². The summed E-state index contributed by atoms with van der Waals surface area (Å²) in [6.45, 7) is 0.308. The van der Waals surface area contributed by atoms with E-state index >= 15 is 0 Å². The first-order chi connectivity index (χ1) is 14.4. The van der Waals surface area contributed by atoms with Crippen LogP contribution in [0.15, 0.2) is 59.6 Å². The maximum Gasteiger partial charge on any atom is 0.341 e. The van der Waals surface area contributed by atoms with E-state index in [1.807, 2.05) is 24.4 Å². The number of hydrogen-bond acceptors (Lipinski definition) is 4. The Morgan fingerprint density at radius 3 is 2.47 bits per heavy atom. The fraction of sp³-hybridized carbons (Fsp3) is 0.286. The van der Waals surface area contributed by atoms with Crippen LogP contribution in [0.25, 0.3) is 10.9 Å². The van der Waals surface area contributed by atoms with Gasteiger partial charge in [0.25, 0.3) is 0 Å². The molecule has 1 aliphatic rings. The predicted octanol–water partition coefficient (Wildman–Crippen LogP) is 3.27. The van der Waals surface area contributed by atoms with Crippen LogP contribution in [0.5, 0.6) is 5.75 Å². The second-order valence-corrected chi connectivity index (χ2v) is 9.12. The zero-order valence-electron chi connectivity index (χ0n) is 16.1. The van der Waals surface area contributed by atoms with Gasteiger partial charge in [-0.25, -0.2) is 17.6 Å². The lowest BCUT2D eigenvalue weighted by Crippen LogP contribution is -2.38. The molecule has 1 aromatic heterocycles. The summed E-state index contributed by atoms with van der Waals surface area (Å²) in [6, 6.07) is 12.3. The first-order valence-corrected chi connectivity index (χ1v) is 11.0. The topological polar surface area (TPSA) is 88.8 Å². The molecular weight excluding hydrogens is 411 g/mol. The van der Waals surface area contributed by atoms with Gasteiger partial charge in [-0.15, -0.1) is 0 Å². The Morgan fingerprint density at radius 2 is 1.80 bits per heavy atom. The van der Waals surface area contributed by atoms with Crippen LogP contribution in [0.4, 0.5) is 4.39 Å². The van der Waals surface area contributed by atoms with Crippen molar-refractivity contribution in [1.82, 2.24) is 8.87 Å². The Kier molecular flexibility index (Phi) is 5.48. The molecule has 1 aliphatic heterocycles. The Hall–Kier alpha value is -2.91. The second kappa shape index (κ2) is 8.08. The minimum atomic E-state index is -3.65. The molecule has 2 aromatic carbocycles. The third-order valence-electron chi connectivity index (χ3n) is 5.34. The lowest BCUT2D eigenvalue weighted by Gasteiger charge is -2.32. The van der Waals surface area contributed by atoms with Crippen molar-refractivity contribution in [2.45, 2.75) is 23.8 Å². The molecule has 0 atom stereocenters. The highest BCUT2D eigenvalue weighted by Gasteiger charge is 2.30. The van der Waals surface area contributed by atoms with Gasteiger partial charge < -0.3 is 14.4 Å². The lowest BCUT2D eigenvalue weighted by molar-refractivity contribution is -0.139. The zero-order valence-corrected chi connectivity index (χ0v) is 16.9. The Morgan fingerprint density at radius 1 is 1.10 bits per heavy atom. The number of aromatic nitrogens is 1. The van der Waals surface area contributed by atoms with Gasteiger partial charge in [0.15, 0.2) is 6.61 Å². The normalized spacial score (nSPS) is 16.0. The number of benzene rings is 2. The van der Waals surface area contributed by atoms with E-state index in [-0.39, 0.29) is 10.9 Å². The fourth-order valence-electron chi connectivity index (χ4n) is 3.86. The average Bonchev–Trinajstić information content (AvgIpc) is 3.17. The van der Waals surface area contributed by atoms with Crippen molar-refractivity contribution in [1.29, 1.82) is 0 Å². The fourth-order valence-corrected chi connectivity index (χ4v) is 5.33.